The zero-order valence-electron chi connectivity index (χ0n) is 10.8. The van der Waals surface area contributed by atoms with Crippen LogP contribution in [0.4, 0.5) is 10.1 Å². The predicted octanol–water partition coefficient (Wildman–Crippen LogP) is 4.36. The number of carbonyl (C=O) groups is 1. The molecule has 0 spiro atoms. The van der Waals surface area contributed by atoms with Crippen molar-refractivity contribution >= 4 is 27.5 Å². The van der Waals surface area contributed by atoms with Crippen molar-refractivity contribution in [1.29, 1.82) is 0 Å². The maximum atomic E-state index is 13.4. The van der Waals surface area contributed by atoms with E-state index in [1.807, 2.05) is 6.92 Å². The van der Waals surface area contributed by atoms with Crippen LogP contribution in [0.3, 0.4) is 0 Å². The zero-order valence-corrected chi connectivity index (χ0v) is 12.4. The van der Waals surface area contributed by atoms with Crippen LogP contribution in [-0.2, 0) is 0 Å². The normalized spacial score (nSPS) is 10.6. The molecule has 1 heterocycles. The Hall–Kier alpha value is -1.62. The summed E-state index contributed by atoms with van der Waals surface area (Å²) >= 11 is 3.06. The number of benzene rings is 1. The van der Waals surface area contributed by atoms with Crippen LogP contribution in [-0.4, -0.2) is 5.91 Å². The van der Waals surface area contributed by atoms with Gasteiger partial charge in [0.2, 0.25) is 0 Å². The lowest BCUT2D eigenvalue weighted by molar-refractivity contribution is 0.102. The summed E-state index contributed by atoms with van der Waals surface area (Å²) in [5.41, 5.74) is 1.71. The molecule has 1 aromatic carbocycles. The van der Waals surface area contributed by atoms with Crippen molar-refractivity contribution in [1.82, 2.24) is 0 Å². The van der Waals surface area contributed by atoms with Gasteiger partial charge in [0.25, 0.3) is 5.91 Å². The Morgan fingerprint density at radius 1 is 1.26 bits per heavy atom. The summed E-state index contributed by atoms with van der Waals surface area (Å²) in [4.78, 5) is 12.2. The number of amides is 1. The Labute approximate surface area is 118 Å². The molecule has 0 radical (unpaired) electrons. The Bertz CT molecular complexity index is 649. The van der Waals surface area contributed by atoms with Crippen LogP contribution < -0.4 is 5.32 Å². The van der Waals surface area contributed by atoms with Gasteiger partial charge in [-0.15, -0.1) is 0 Å². The molecule has 0 saturated carbocycles. The Morgan fingerprint density at radius 2 is 1.95 bits per heavy atom. The number of hydrogen-bond donors (Lipinski definition) is 1. The van der Waals surface area contributed by atoms with Gasteiger partial charge in [-0.3, -0.25) is 4.79 Å². The summed E-state index contributed by atoms with van der Waals surface area (Å²) < 4.78 is 19.1. The molecule has 0 saturated heterocycles. The van der Waals surface area contributed by atoms with Crippen LogP contribution in [0, 0.1) is 26.6 Å². The third-order valence-electron chi connectivity index (χ3n) is 2.97. The molecule has 2 rings (SSSR count). The zero-order chi connectivity index (χ0) is 14.2. The average Bonchev–Trinajstić information content (AvgIpc) is 2.58. The minimum atomic E-state index is -0.422. The SMILES string of the molecule is Cc1oc(C)c(C(=O)Nc2ccc(Br)c(F)c2)c1C. The quantitative estimate of drug-likeness (QED) is 0.891. The van der Waals surface area contributed by atoms with Gasteiger partial charge in [-0.1, -0.05) is 0 Å². The highest BCUT2D eigenvalue weighted by atomic mass is 79.9. The maximum absolute atomic E-state index is 13.4. The first kappa shape index (κ1) is 13.8. The fourth-order valence-electron chi connectivity index (χ4n) is 1.89. The predicted molar refractivity (Wildman–Crippen MR) is 75.0 cm³/mol. The topological polar surface area (TPSA) is 42.2 Å². The third-order valence-corrected chi connectivity index (χ3v) is 3.61. The average molecular weight is 326 g/mol. The molecular weight excluding hydrogens is 313 g/mol. The van der Waals surface area contributed by atoms with E-state index in [0.717, 1.165) is 5.56 Å². The number of rotatable bonds is 2. The van der Waals surface area contributed by atoms with Gasteiger partial charge >= 0.3 is 0 Å². The van der Waals surface area contributed by atoms with Crippen LogP contribution in [0.25, 0.3) is 0 Å². The van der Waals surface area contributed by atoms with Crippen LogP contribution in [0.1, 0.15) is 27.4 Å². The van der Waals surface area contributed by atoms with E-state index in [4.69, 9.17) is 4.42 Å². The summed E-state index contributed by atoms with van der Waals surface area (Å²) in [7, 11) is 0. The van der Waals surface area contributed by atoms with Crippen molar-refractivity contribution in [2.45, 2.75) is 20.8 Å². The van der Waals surface area contributed by atoms with E-state index in [1.165, 1.54) is 6.07 Å². The monoisotopic (exact) mass is 325 g/mol. The smallest absolute Gasteiger partial charge is 0.259 e. The fourth-order valence-corrected chi connectivity index (χ4v) is 2.14. The number of carbonyl (C=O) groups excluding carboxylic acids is 1. The lowest BCUT2D eigenvalue weighted by Crippen LogP contribution is -2.13. The van der Waals surface area contributed by atoms with E-state index in [0.29, 0.717) is 27.2 Å². The number of anilines is 1. The van der Waals surface area contributed by atoms with Gasteiger partial charge in [0.15, 0.2) is 0 Å². The van der Waals surface area contributed by atoms with Crippen LogP contribution in [0.15, 0.2) is 27.1 Å². The molecule has 100 valence electrons. The van der Waals surface area contributed by atoms with Gasteiger partial charge < -0.3 is 9.73 Å². The number of nitrogens with one attached hydrogen (secondary N) is 1. The molecule has 1 N–H and O–H groups in total. The second kappa shape index (κ2) is 5.17. The molecular formula is C14H13BrFNO2. The van der Waals surface area contributed by atoms with Crippen molar-refractivity contribution in [3.63, 3.8) is 0 Å². The Kier molecular flexibility index (Phi) is 3.75. The summed E-state index contributed by atoms with van der Waals surface area (Å²) in [6.45, 7) is 5.36. The highest BCUT2D eigenvalue weighted by molar-refractivity contribution is 9.10. The summed E-state index contributed by atoms with van der Waals surface area (Å²) in [5, 5.41) is 2.66. The molecule has 0 fully saturated rings. The van der Waals surface area contributed by atoms with E-state index in [1.54, 1.807) is 26.0 Å². The maximum Gasteiger partial charge on any atom is 0.259 e. The van der Waals surface area contributed by atoms with Gasteiger partial charge in [0.1, 0.15) is 17.3 Å². The largest absolute Gasteiger partial charge is 0.466 e. The molecule has 0 bridgehead atoms. The first-order valence-electron chi connectivity index (χ1n) is 5.73. The van der Waals surface area contributed by atoms with Gasteiger partial charge in [-0.2, -0.15) is 0 Å². The molecule has 2 aromatic rings. The molecule has 1 amide bonds. The summed E-state index contributed by atoms with van der Waals surface area (Å²) in [5.74, 6) is 0.554. The first-order chi connectivity index (χ1) is 8.90. The summed E-state index contributed by atoms with van der Waals surface area (Å²) in [6, 6.07) is 4.44. The van der Waals surface area contributed by atoms with Crippen molar-refractivity contribution in [2.24, 2.45) is 0 Å². The van der Waals surface area contributed by atoms with Crippen LogP contribution in [0.2, 0.25) is 0 Å². The van der Waals surface area contributed by atoms with Gasteiger partial charge in [0, 0.05) is 11.3 Å². The molecule has 0 aliphatic carbocycles. The van der Waals surface area contributed by atoms with E-state index < -0.39 is 5.82 Å². The molecule has 0 unspecified atom stereocenters. The van der Waals surface area contributed by atoms with Crippen molar-refractivity contribution in [2.75, 3.05) is 5.32 Å². The minimum absolute atomic E-state index is 0.298. The molecule has 0 aliphatic heterocycles. The van der Waals surface area contributed by atoms with Gasteiger partial charge in [-0.25, -0.2) is 4.39 Å². The number of halogens is 2. The molecule has 1 aromatic heterocycles. The molecule has 3 nitrogen and oxygen atoms in total. The lowest BCUT2D eigenvalue weighted by atomic mass is 10.1. The van der Waals surface area contributed by atoms with Crippen molar-refractivity contribution in [3.05, 3.63) is 51.1 Å². The van der Waals surface area contributed by atoms with E-state index >= 15 is 0 Å². The van der Waals surface area contributed by atoms with Crippen LogP contribution >= 0.6 is 15.9 Å². The lowest BCUT2D eigenvalue weighted by Gasteiger charge is -2.06. The fraction of sp³-hybridized carbons (Fsp3) is 0.214. The van der Waals surface area contributed by atoms with E-state index in [9.17, 15) is 9.18 Å². The third kappa shape index (κ3) is 2.71. The summed E-state index contributed by atoms with van der Waals surface area (Å²) in [6.07, 6.45) is 0. The van der Waals surface area contributed by atoms with Crippen LogP contribution in [0.5, 0.6) is 0 Å². The molecule has 5 heteroatoms. The highest BCUT2D eigenvalue weighted by Crippen LogP contribution is 2.23. The number of aryl methyl sites for hydroxylation is 2. The molecule has 0 atom stereocenters. The molecule has 19 heavy (non-hydrogen) atoms. The number of hydrogen-bond acceptors (Lipinski definition) is 2. The van der Waals surface area contributed by atoms with E-state index in [2.05, 4.69) is 21.2 Å². The molecule has 0 aliphatic rings. The van der Waals surface area contributed by atoms with E-state index in [-0.39, 0.29) is 5.91 Å². The Balaban J connectivity index is 2.28. The van der Waals surface area contributed by atoms with Crippen molar-refractivity contribution < 1.29 is 13.6 Å². The second-order valence-corrected chi connectivity index (χ2v) is 5.15. The Morgan fingerprint density at radius 3 is 2.47 bits per heavy atom. The standard InChI is InChI=1S/C14H13BrFNO2/c1-7-8(2)19-9(3)13(7)14(18)17-10-4-5-11(15)12(16)6-10/h4-6H,1-3H3,(H,17,18). The highest BCUT2D eigenvalue weighted by Gasteiger charge is 2.18. The minimum Gasteiger partial charge on any atom is -0.466 e. The van der Waals surface area contributed by atoms with Crippen molar-refractivity contribution in [3.8, 4) is 0 Å². The first-order valence-corrected chi connectivity index (χ1v) is 6.52. The second-order valence-electron chi connectivity index (χ2n) is 4.30. The number of furan rings is 1. The van der Waals surface area contributed by atoms with Gasteiger partial charge in [-0.05, 0) is 54.9 Å². The van der Waals surface area contributed by atoms with Gasteiger partial charge in [0.05, 0.1) is 10.0 Å².